The molecule has 3 aromatic rings. The molecule has 0 amide bonds. The third-order valence-corrected chi connectivity index (χ3v) is 3.48. The molecule has 0 aliphatic heterocycles. The van der Waals surface area contributed by atoms with E-state index in [1.165, 1.54) is 6.20 Å². The van der Waals surface area contributed by atoms with E-state index in [1.807, 2.05) is 6.07 Å². The van der Waals surface area contributed by atoms with Crippen molar-refractivity contribution in [2.24, 2.45) is 0 Å². The van der Waals surface area contributed by atoms with Crippen molar-refractivity contribution in [1.82, 2.24) is 20.2 Å². The summed E-state index contributed by atoms with van der Waals surface area (Å²) in [5.41, 5.74) is 7.16. The van der Waals surface area contributed by atoms with Gasteiger partial charge in [0.15, 0.2) is 17.5 Å². The summed E-state index contributed by atoms with van der Waals surface area (Å²) in [6, 6.07) is 4.02. The molecule has 0 bridgehead atoms. The van der Waals surface area contributed by atoms with Crippen LogP contribution in [0.25, 0.3) is 11.0 Å². The zero-order valence-corrected chi connectivity index (χ0v) is 12.5. The number of anilines is 2. The van der Waals surface area contributed by atoms with E-state index in [-0.39, 0.29) is 16.9 Å². The molecule has 0 saturated carbocycles. The fourth-order valence-corrected chi connectivity index (χ4v) is 2.27. The summed E-state index contributed by atoms with van der Waals surface area (Å²) in [4.78, 5) is 8.23. The molecular weight excluding hydrogens is 316 g/mol. The number of fused-ring (bicyclic) bond motifs is 1. The molecule has 122 valence electrons. The fraction of sp³-hybridized carbons (Fsp3) is 0.200. The molecule has 0 radical (unpaired) electrons. The van der Waals surface area contributed by atoms with Crippen LogP contribution in [0.2, 0.25) is 0 Å². The number of benzene rings is 1. The van der Waals surface area contributed by atoms with Crippen LogP contribution in [0.15, 0.2) is 18.3 Å². The van der Waals surface area contributed by atoms with Gasteiger partial charge < -0.3 is 11.1 Å². The molecule has 4 N–H and O–H groups in total. The van der Waals surface area contributed by atoms with E-state index >= 15 is 0 Å². The van der Waals surface area contributed by atoms with E-state index < -0.39 is 11.6 Å². The normalized spacial score (nSPS) is 10.7. The molecule has 7 nitrogen and oxygen atoms in total. The molecule has 0 fully saturated rings. The van der Waals surface area contributed by atoms with Crippen molar-refractivity contribution in [3.8, 4) is 6.07 Å². The van der Waals surface area contributed by atoms with Crippen LogP contribution >= 0.6 is 0 Å². The van der Waals surface area contributed by atoms with Gasteiger partial charge in [-0.2, -0.15) is 10.4 Å². The number of halogens is 2. The maximum atomic E-state index is 13.2. The molecule has 0 spiro atoms. The average Bonchev–Trinajstić information content (AvgIpc) is 2.92. The van der Waals surface area contributed by atoms with Gasteiger partial charge in [0.05, 0.1) is 22.9 Å². The van der Waals surface area contributed by atoms with E-state index in [1.54, 1.807) is 0 Å². The van der Waals surface area contributed by atoms with Gasteiger partial charge in [0.25, 0.3) is 0 Å². The third-order valence-electron chi connectivity index (χ3n) is 3.48. The Balaban J connectivity index is 1.61. The van der Waals surface area contributed by atoms with E-state index in [0.717, 1.165) is 12.1 Å². The molecule has 0 unspecified atom stereocenters. The predicted octanol–water partition coefficient (Wildman–Crippen LogP) is 2.13. The molecule has 0 aliphatic carbocycles. The number of hydrogen-bond donors (Lipinski definition) is 3. The average molecular weight is 329 g/mol. The van der Waals surface area contributed by atoms with E-state index in [0.29, 0.717) is 36.5 Å². The lowest BCUT2D eigenvalue weighted by Gasteiger charge is -2.06. The van der Waals surface area contributed by atoms with Crippen LogP contribution in [0.5, 0.6) is 0 Å². The first-order valence-corrected chi connectivity index (χ1v) is 7.17. The topological polar surface area (TPSA) is 116 Å². The summed E-state index contributed by atoms with van der Waals surface area (Å²) in [7, 11) is 0. The highest BCUT2D eigenvalue weighted by Gasteiger charge is 2.10. The smallest absolute Gasteiger partial charge is 0.163 e. The minimum absolute atomic E-state index is 0.190. The van der Waals surface area contributed by atoms with Crippen LogP contribution in [0.1, 0.15) is 17.7 Å². The van der Waals surface area contributed by atoms with Gasteiger partial charge in [-0.25, -0.2) is 13.8 Å². The highest BCUT2D eigenvalue weighted by Crippen LogP contribution is 2.17. The SMILES string of the molecule is N#Cc1c(N)n[nH]c1CCCNc1cnc2cc(F)c(F)cc2n1. The molecule has 0 saturated heterocycles. The lowest BCUT2D eigenvalue weighted by atomic mass is 10.1. The first-order chi connectivity index (χ1) is 11.6. The molecule has 3 rings (SSSR count). The Morgan fingerprint density at radius 3 is 2.75 bits per heavy atom. The number of nitrogen functional groups attached to an aromatic ring is 1. The van der Waals surface area contributed by atoms with Gasteiger partial charge in [0, 0.05) is 18.7 Å². The number of nitriles is 1. The van der Waals surface area contributed by atoms with Gasteiger partial charge in [-0.15, -0.1) is 0 Å². The maximum absolute atomic E-state index is 13.2. The molecular formula is C15H13F2N7. The molecule has 1 aromatic carbocycles. The summed E-state index contributed by atoms with van der Waals surface area (Å²) in [5, 5.41) is 18.6. The van der Waals surface area contributed by atoms with Gasteiger partial charge in [-0.1, -0.05) is 0 Å². The molecule has 24 heavy (non-hydrogen) atoms. The Labute approximate surface area is 135 Å². The summed E-state index contributed by atoms with van der Waals surface area (Å²) < 4.78 is 26.4. The first-order valence-electron chi connectivity index (χ1n) is 7.17. The Morgan fingerprint density at radius 2 is 2.00 bits per heavy atom. The minimum Gasteiger partial charge on any atom is -0.381 e. The number of nitrogens with one attached hydrogen (secondary N) is 2. The van der Waals surface area contributed by atoms with Gasteiger partial charge >= 0.3 is 0 Å². The Hall–Kier alpha value is -3.28. The van der Waals surface area contributed by atoms with Crippen LogP contribution in [0, 0.1) is 23.0 Å². The highest BCUT2D eigenvalue weighted by atomic mass is 19.2. The lowest BCUT2D eigenvalue weighted by molar-refractivity contribution is 0.510. The second kappa shape index (κ2) is 6.45. The number of nitrogens with zero attached hydrogens (tertiary/aromatic N) is 4. The van der Waals surface area contributed by atoms with Gasteiger partial charge in [-0.3, -0.25) is 10.1 Å². The lowest BCUT2D eigenvalue weighted by Crippen LogP contribution is -2.06. The van der Waals surface area contributed by atoms with Crippen molar-refractivity contribution in [2.75, 3.05) is 17.6 Å². The third kappa shape index (κ3) is 3.08. The van der Waals surface area contributed by atoms with Crippen molar-refractivity contribution >= 4 is 22.7 Å². The summed E-state index contributed by atoms with van der Waals surface area (Å²) in [6.45, 7) is 0.549. The van der Waals surface area contributed by atoms with Crippen molar-refractivity contribution in [2.45, 2.75) is 12.8 Å². The standard InChI is InChI=1S/C15H13F2N7/c16-9-4-12-13(5-10(9)17)22-14(7-21-12)20-3-1-2-11-8(6-18)15(19)24-23-11/h4-5,7H,1-3H2,(H,20,22)(H3,19,23,24). The van der Waals surface area contributed by atoms with Gasteiger partial charge in [-0.05, 0) is 12.8 Å². The van der Waals surface area contributed by atoms with Gasteiger partial charge in [0.2, 0.25) is 0 Å². The minimum atomic E-state index is -0.963. The zero-order chi connectivity index (χ0) is 17.1. The van der Waals surface area contributed by atoms with E-state index in [2.05, 4.69) is 25.5 Å². The Bertz CT molecular complexity index is 929. The number of rotatable bonds is 5. The fourth-order valence-electron chi connectivity index (χ4n) is 2.27. The van der Waals surface area contributed by atoms with Crippen LogP contribution in [0.3, 0.4) is 0 Å². The van der Waals surface area contributed by atoms with Crippen LogP contribution in [-0.2, 0) is 6.42 Å². The Kier molecular flexibility index (Phi) is 4.20. The van der Waals surface area contributed by atoms with Crippen molar-refractivity contribution < 1.29 is 8.78 Å². The van der Waals surface area contributed by atoms with E-state index in [4.69, 9.17) is 11.0 Å². The van der Waals surface area contributed by atoms with Crippen molar-refractivity contribution in [1.29, 1.82) is 5.26 Å². The maximum Gasteiger partial charge on any atom is 0.163 e. The second-order valence-corrected chi connectivity index (χ2v) is 5.11. The number of aromatic amines is 1. The molecule has 0 aliphatic rings. The largest absolute Gasteiger partial charge is 0.381 e. The van der Waals surface area contributed by atoms with E-state index in [9.17, 15) is 8.78 Å². The monoisotopic (exact) mass is 329 g/mol. The molecule has 2 aromatic heterocycles. The summed E-state index contributed by atoms with van der Waals surface area (Å²) >= 11 is 0. The molecule has 0 atom stereocenters. The number of aryl methyl sites for hydroxylation is 1. The number of H-pyrrole nitrogens is 1. The first kappa shape index (κ1) is 15.6. The Morgan fingerprint density at radius 1 is 1.25 bits per heavy atom. The highest BCUT2D eigenvalue weighted by molar-refractivity contribution is 5.75. The predicted molar refractivity (Wildman–Crippen MR) is 84.0 cm³/mol. The van der Waals surface area contributed by atoms with Crippen molar-refractivity contribution in [3.63, 3.8) is 0 Å². The number of hydrogen-bond acceptors (Lipinski definition) is 6. The van der Waals surface area contributed by atoms with Crippen LogP contribution in [0.4, 0.5) is 20.4 Å². The molecule has 2 heterocycles. The summed E-state index contributed by atoms with van der Waals surface area (Å²) in [5.74, 6) is -1.27. The van der Waals surface area contributed by atoms with Crippen molar-refractivity contribution in [3.05, 3.63) is 41.2 Å². The second-order valence-electron chi connectivity index (χ2n) is 5.11. The summed E-state index contributed by atoms with van der Waals surface area (Å²) in [6.07, 6.45) is 2.73. The zero-order valence-electron chi connectivity index (χ0n) is 12.5. The van der Waals surface area contributed by atoms with Crippen LogP contribution in [-0.4, -0.2) is 26.7 Å². The molecule has 9 heteroatoms. The van der Waals surface area contributed by atoms with Gasteiger partial charge in [0.1, 0.15) is 17.5 Å². The van der Waals surface area contributed by atoms with Crippen LogP contribution < -0.4 is 11.1 Å². The number of nitrogens with two attached hydrogens (primary N) is 1. The quantitative estimate of drug-likeness (QED) is 0.617. The number of aromatic nitrogens is 4.